The average Bonchev–Trinajstić information content (AvgIpc) is 2.63. The molecule has 15 heavy (non-hydrogen) atoms. The van der Waals surface area contributed by atoms with Crippen LogP contribution in [-0.2, 0) is 4.79 Å². The van der Waals surface area contributed by atoms with Crippen LogP contribution in [-0.4, -0.2) is 59.9 Å². The predicted molar refractivity (Wildman–Crippen MR) is 56.4 cm³/mol. The molecule has 5 heteroatoms. The van der Waals surface area contributed by atoms with Gasteiger partial charge in [-0.2, -0.15) is 0 Å². The van der Waals surface area contributed by atoms with E-state index in [2.05, 4.69) is 5.32 Å². The molecule has 0 aromatic rings. The van der Waals surface area contributed by atoms with Crippen molar-refractivity contribution in [2.75, 3.05) is 32.8 Å². The third-order valence-corrected chi connectivity index (χ3v) is 2.54. The number of rotatable bonds is 7. The Balaban J connectivity index is 1.95. The fraction of sp³-hybridized carbons (Fsp3) is 0.900. The normalized spacial score (nSPS) is 18.5. The van der Waals surface area contributed by atoms with Gasteiger partial charge in [0.05, 0.1) is 12.7 Å². The summed E-state index contributed by atoms with van der Waals surface area (Å²) in [5.41, 5.74) is 0. The number of aliphatic hydroxyl groups is 2. The van der Waals surface area contributed by atoms with Crippen LogP contribution < -0.4 is 5.32 Å². The van der Waals surface area contributed by atoms with E-state index in [1.54, 1.807) is 0 Å². The molecule has 0 spiro atoms. The Kier molecular flexibility index (Phi) is 5.60. The quantitative estimate of drug-likeness (QED) is 0.474. The molecule has 0 aromatic carbocycles. The molecule has 5 nitrogen and oxygen atoms in total. The molecule has 3 N–H and O–H groups in total. The van der Waals surface area contributed by atoms with Crippen LogP contribution in [0.1, 0.15) is 19.3 Å². The van der Waals surface area contributed by atoms with Crippen molar-refractivity contribution >= 4 is 5.91 Å². The summed E-state index contributed by atoms with van der Waals surface area (Å²) in [5.74, 6) is 0.255. The maximum absolute atomic E-state index is 11.2. The van der Waals surface area contributed by atoms with E-state index in [0.717, 1.165) is 32.5 Å². The lowest BCUT2D eigenvalue weighted by Crippen LogP contribution is -2.32. The summed E-state index contributed by atoms with van der Waals surface area (Å²) in [6.45, 7) is 2.64. The van der Waals surface area contributed by atoms with Crippen molar-refractivity contribution in [1.29, 1.82) is 0 Å². The predicted octanol–water partition coefficient (Wildman–Crippen LogP) is -1.06. The molecule has 1 heterocycles. The van der Waals surface area contributed by atoms with E-state index >= 15 is 0 Å². The van der Waals surface area contributed by atoms with Gasteiger partial charge in [-0.3, -0.25) is 4.79 Å². The van der Waals surface area contributed by atoms with Crippen molar-refractivity contribution < 1.29 is 15.0 Å². The summed E-state index contributed by atoms with van der Waals surface area (Å²) in [7, 11) is 0. The standard InChI is InChI=1S/C10H20N2O3/c13-8-9(14)7-11-4-2-6-12-5-1-3-10(12)15/h9,11,13-14H,1-8H2/t9-/m0/s1. The molecular formula is C10H20N2O3. The smallest absolute Gasteiger partial charge is 0.222 e. The first-order chi connectivity index (χ1) is 7.24. The molecule has 1 fully saturated rings. The lowest BCUT2D eigenvalue weighted by molar-refractivity contribution is -0.127. The molecule has 1 atom stereocenters. The number of carbonyl (C=O) groups excluding carboxylic acids is 1. The zero-order valence-electron chi connectivity index (χ0n) is 8.98. The second-order valence-corrected chi connectivity index (χ2v) is 3.88. The van der Waals surface area contributed by atoms with Crippen LogP contribution in [0.25, 0.3) is 0 Å². The highest BCUT2D eigenvalue weighted by Gasteiger charge is 2.18. The van der Waals surface area contributed by atoms with Crippen LogP contribution in [0, 0.1) is 0 Å². The zero-order chi connectivity index (χ0) is 11.1. The summed E-state index contributed by atoms with van der Waals surface area (Å²) < 4.78 is 0. The fourth-order valence-corrected chi connectivity index (χ4v) is 1.67. The molecule has 1 aliphatic heterocycles. The monoisotopic (exact) mass is 216 g/mol. The Morgan fingerprint density at radius 2 is 2.33 bits per heavy atom. The Morgan fingerprint density at radius 1 is 1.53 bits per heavy atom. The number of likely N-dealkylation sites (tertiary alicyclic amines) is 1. The number of carbonyl (C=O) groups is 1. The first-order valence-corrected chi connectivity index (χ1v) is 5.51. The van der Waals surface area contributed by atoms with Gasteiger partial charge >= 0.3 is 0 Å². The molecule has 1 amide bonds. The van der Waals surface area contributed by atoms with Crippen molar-refractivity contribution in [2.24, 2.45) is 0 Å². The topological polar surface area (TPSA) is 72.8 Å². The van der Waals surface area contributed by atoms with Crippen molar-refractivity contribution in [3.63, 3.8) is 0 Å². The van der Waals surface area contributed by atoms with Gasteiger partial charge in [-0.15, -0.1) is 0 Å². The van der Waals surface area contributed by atoms with E-state index in [-0.39, 0.29) is 12.5 Å². The summed E-state index contributed by atoms with van der Waals surface area (Å²) in [6.07, 6.45) is 1.88. The van der Waals surface area contributed by atoms with Gasteiger partial charge in [0.25, 0.3) is 0 Å². The molecule has 0 aliphatic carbocycles. The molecule has 1 rings (SSSR count). The Bertz CT molecular complexity index is 199. The van der Waals surface area contributed by atoms with Gasteiger partial charge in [-0.25, -0.2) is 0 Å². The first kappa shape index (κ1) is 12.4. The molecule has 0 unspecified atom stereocenters. The van der Waals surface area contributed by atoms with Gasteiger partial charge in [0.2, 0.25) is 5.91 Å². The largest absolute Gasteiger partial charge is 0.394 e. The zero-order valence-corrected chi connectivity index (χ0v) is 8.98. The highest BCUT2D eigenvalue weighted by molar-refractivity contribution is 5.77. The van der Waals surface area contributed by atoms with E-state index in [0.29, 0.717) is 13.0 Å². The van der Waals surface area contributed by atoms with Gasteiger partial charge in [0, 0.05) is 26.1 Å². The van der Waals surface area contributed by atoms with Gasteiger partial charge in [0.15, 0.2) is 0 Å². The lowest BCUT2D eigenvalue weighted by atomic mass is 10.3. The summed E-state index contributed by atoms with van der Waals surface area (Å²) in [6, 6.07) is 0. The number of aliphatic hydroxyl groups excluding tert-OH is 2. The number of hydrogen-bond acceptors (Lipinski definition) is 4. The number of amides is 1. The number of nitrogens with zero attached hydrogens (tertiary/aromatic N) is 1. The Hall–Kier alpha value is -0.650. The van der Waals surface area contributed by atoms with E-state index in [4.69, 9.17) is 10.2 Å². The van der Waals surface area contributed by atoms with Crippen LogP contribution in [0.3, 0.4) is 0 Å². The summed E-state index contributed by atoms with van der Waals surface area (Å²) in [4.78, 5) is 13.1. The minimum absolute atomic E-state index is 0.211. The first-order valence-electron chi connectivity index (χ1n) is 5.51. The maximum Gasteiger partial charge on any atom is 0.222 e. The highest BCUT2D eigenvalue weighted by atomic mass is 16.3. The molecule has 1 aliphatic rings. The summed E-state index contributed by atoms with van der Waals surface area (Å²) >= 11 is 0. The molecule has 88 valence electrons. The van der Waals surface area contributed by atoms with E-state index in [9.17, 15) is 4.79 Å². The average molecular weight is 216 g/mol. The molecule has 0 saturated carbocycles. The molecule has 0 radical (unpaired) electrons. The molecule has 0 aromatic heterocycles. The Morgan fingerprint density at radius 3 is 2.93 bits per heavy atom. The van der Waals surface area contributed by atoms with Crippen LogP contribution in [0.4, 0.5) is 0 Å². The van der Waals surface area contributed by atoms with Crippen molar-refractivity contribution in [3.8, 4) is 0 Å². The highest BCUT2D eigenvalue weighted by Crippen LogP contribution is 2.09. The van der Waals surface area contributed by atoms with Gasteiger partial charge in [-0.1, -0.05) is 0 Å². The van der Waals surface area contributed by atoms with Crippen LogP contribution in [0.15, 0.2) is 0 Å². The molecular weight excluding hydrogens is 196 g/mol. The number of nitrogens with one attached hydrogen (secondary N) is 1. The third kappa shape index (κ3) is 4.59. The molecule has 1 saturated heterocycles. The SMILES string of the molecule is O=C1CCCN1CCCNC[C@H](O)CO. The van der Waals surface area contributed by atoms with Crippen LogP contribution >= 0.6 is 0 Å². The third-order valence-electron chi connectivity index (χ3n) is 2.54. The minimum Gasteiger partial charge on any atom is -0.394 e. The minimum atomic E-state index is -0.682. The summed E-state index contributed by atoms with van der Waals surface area (Å²) in [5, 5.41) is 20.6. The van der Waals surface area contributed by atoms with E-state index in [1.807, 2.05) is 4.90 Å². The van der Waals surface area contributed by atoms with Crippen molar-refractivity contribution in [1.82, 2.24) is 10.2 Å². The van der Waals surface area contributed by atoms with E-state index in [1.165, 1.54) is 0 Å². The van der Waals surface area contributed by atoms with Gasteiger partial charge in [0.1, 0.15) is 0 Å². The maximum atomic E-state index is 11.2. The van der Waals surface area contributed by atoms with Crippen LogP contribution in [0.5, 0.6) is 0 Å². The van der Waals surface area contributed by atoms with Crippen molar-refractivity contribution in [3.05, 3.63) is 0 Å². The van der Waals surface area contributed by atoms with E-state index < -0.39 is 6.10 Å². The second-order valence-electron chi connectivity index (χ2n) is 3.88. The fourth-order valence-electron chi connectivity index (χ4n) is 1.67. The number of hydrogen-bond donors (Lipinski definition) is 3. The van der Waals surface area contributed by atoms with Crippen LogP contribution in [0.2, 0.25) is 0 Å². The Labute approximate surface area is 90.1 Å². The lowest BCUT2D eigenvalue weighted by Gasteiger charge is -2.15. The van der Waals surface area contributed by atoms with Gasteiger partial charge < -0.3 is 20.4 Å². The van der Waals surface area contributed by atoms with Gasteiger partial charge in [-0.05, 0) is 19.4 Å². The molecule has 0 bridgehead atoms. The van der Waals surface area contributed by atoms with Crippen molar-refractivity contribution in [2.45, 2.75) is 25.4 Å². The second kappa shape index (κ2) is 6.76.